The van der Waals surface area contributed by atoms with Crippen molar-refractivity contribution in [2.24, 2.45) is 16.1 Å². The molecule has 0 radical (unpaired) electrons. The minimum absolute atomic E-state index is 0.306. The second-order valence-electron chi connectivity index (χ2n) is 5.93. The molecule has 0 aromatic heterocycles. The number of para-hydroxylation sites is 1. The Hall–Kier alpha value is -2.95. The predicted octanol–water partition coefficient (Wildman–Crippen LogP) is 5.30. The first-order valence-electron chi connectivity index (χ1n) is 8.50. The van der Waals surface area contributed by atoms with Crippen LogP contribution >= 0.6 is 0 Å². The van der Waals surface area contributed by atoms with Crippen LogP contribution in [-0.2, 0) is 9.53 Å². The van der Waals surface area contributed by atoms with Crippen molar-refractivity contribution in [3.63, 3.8) is 0 Å². The van der Waals surface area contributed by atoms with E-state index in [9.17, 15) is 4.79 Å². The number of esters is 1. The van der Waals surface area contributed by atoms with Gasteiger partial charge in [-0.15, -0.1) is 0 Å². The van der Waals surface area contributed by atoms with Gasteiger partial charge in [0.15, 0.2) is 0 Å². The summed E-state index contributed by atoms with van der Waals surface area (Å²) in [6, 6.07) is 6.94. The molecule has 1 aliphatic carbocycles. The van der Waals surface area contributed by atoms with Crippen LogP contribution in [-0.4, -0.2) is 19.1 Å². The zero-order chi connectivity index (χ0) is 18.9. The molecule has 0 aliphatic heterocycles. The van der Waals surface area contributed by atoms with Crippen molar-refractivity contribution in [1.82, 2.24) is 0 Å². The number of carbonyl (C=O) groups is 1. The molecule has 0 saturated heterocycles. The maximum Gasteiger partial charge on any atom is 0.307 e. The number of hydrogen-bond donors (Lipinski definition) is 0. The van der Waals surface area contributed by atoms with E-state index in [1.165, 1.54) is 6.92 Å². The van der Waals surface area contributed by atoms with Crippen molar-refractivity contribution < 1.29 is 14.3 Å². The smallest absolute Gasteiger partial charge is 0.307 e. The molecule has 0 saturated carbocycles. The molecule has 0 bridgehead atoms. The molecule has 0 heterocycles. The van der Waals surface area contributed by atoms with Crippen LogP contribution in [0.3, 0.4) is 0 Å². The number of benzene rings is 1. The Balaban J connectivity index is 2.22. The molecule has 2 atom stereocenters. The van der Waals surface area contributed by atoms with Gasteiger partial charge in [0, 0.05) is 6.92 Å². The van der Waals surface area contributed by atoms with E-state index in [1.54, 1.807) is 13.2 Å². The Morgan fingerprint density at radius 3 is 2.73 bits per heavy atom. The van der Waals surface area contributed by atoms with Gasteiger partial charge in [-0.1, -0.05) is 49.4 Å². The first-order chi connectivity index (χ1) is 12.5. The maximum absolute atomic E-state index is 11.4. The number of methoxy groups -OCH3 is 1. The van der Waals surface area contributed by atoms with Gasteiger partial charge < -0.3 is 9.47 Å². The van der Waals surface area contributed by atoms with Gasteiger partial charge in [-0.3, -0.25) is 4.79 Å². The SMILES string of the molecule is COc1ccccc1N=NC(C)/C(=C\C=C1\C=CC=CC1C)OC(C)=O. The van der Waals surface area contributed by atoms with Gasteiger partial charge in [-0.2, -0.15) is 10.2 Å². The molecule has 0 N–H and O–H groups in total. The summed E-state index contributed by atoms with van der Waals surface area (Å²) < 4.78 is 10.6. The van der Waals surface area contributed by atoms with E-state index in [1.807, 2.05) is 55.5 Å². The number of nitrogens with zero attached hydrogens (tertiary/aromatic N) is 2. The molecule has 2 rings (SSSR count). The van der Waals surface area contributed by atoms with Gasteiger partial charge >= 0.3 is 5.97 Å². The molecule has 1 aliphatic rings. The van der Waals surface area contributed by atoms with E-state index in [4.69, 9.17) is 9.47 Å². The van der Waals surface area contributed by atoms with Crippen molar-refractivity contribution in [3.05, 3.63) is 72.1 Å². The lowest BCUT2D eigenvalue weighted by molar-refractivity contribution is -0.137. The molecule has 0 amide bonds. The van der Waals surface area contributed by atoms with Crippen LogP contribution in [0, 0.1) is 5.92 Å². The molecule has 5 nitrogen and oxygen atoms in total. The predicted molar refractivity (Wildman–Crippen MR) is 102 cm³/mol. The highest BCUT2D eigenvalue weighted by molar-refractivity contribution is 5.67. The highest BCUT2D eigenvalue weighted by Gasteiger charge is 2.12. The minimum atomic E-state index is -0.418. The summed E-state index contributed by atoms with van der Waals surface area (Å²) >= 11 is 0. The molecule has 1 aromatic rings. The standard InChI is InChI=1S/C21H24N2O3/c1-15-9-5-6-10-18(15)13-14-20(26-17(3)24)16(2)22-23-19-11-7-8-12-21(19)25-4/h5-16H,1-4H3/b18-13-,20-14+,23-22?. The lowest BCUT2D eigenvalue weighted by Gasteiger charge is -2.12. The number of carbonyl (C=O) groups excluding carboxylic acids is 1. The Kier molecular flexibility index (Phi) is 7.09. The summed E-state index contributed by atoms with van der Waals surface area (Å²) in [5, 5.41) is 8.51. The summed E-state index contributed by atoms with van der Waals surface area (Å²) in [4.78, 5) is 11.4. The second-order valence-corrected chi connectivity index (χ2v) is 5.93. The molecular formula is C21H24N2O3. The lowest BCUT2D eigenvalue weighted by atomic mass is 9.96. The third-order valence-electron chi connectivity index (χ3n) is 3.86. The van der Waals surface area contributed by atoms with Gasteiger partial charge in [-0.05, 0) is 36.6 Å². The van der Waals surface area contributed by atoms with Crippen LogP contribution in [0.15, 0.2) is 82.3 Å². The fraction of sp³-hybridized carbons (Fsp3) is 0.286. The van der Waals surface area contributed by atoms with Crippen molar-refractivity contribution in [3.8, 4) is 5.75 Å². The quantitative estimate of drug-likeness (QED) is 0.396. The van der Waals surface area contributed by atoms with Crippen molar-refractivity contribution in [2.45, 2.75) is 26.8 Å². The molecule has 0 fully saturated rings. The Bertz CT molecular complexity index is 788. The van der Waals surface area contributed by atoms with Crippen molar-refractivity contribution in [2.75, 3.05) is 7.11 Å². The molecule has 5 heteroatoms. The Morgan fingerprint density at radius 2 is 2.04 bits per heavy atom. The van der Waals surface area contributed by atoms with Crippen LogP contribution in [0.2, 0.25) is 0 Å². The monoisotopic (exact) mass is 352 g/mol. The molecule has 1 aromatic carbocycles. The van der Waals surface area contributed by atoms with Crippen LogP contribution in [0.4, 0.5) is 5.69 Å². The molecular weight excluding hydrogens is 328 g/mol. The fourth-order valence-electron chi connectivity index (χ4n) is 2.39. The van der Waals surface area contributed by atoms with E-state index >= 15 is 0 Å². The van der Waals surface area contributed by atoms with Gasteiger partial charge in [-0.25, -0.2) is 0 Å². The number of azo groups is 1. The van der Waals surface area contributed by atoms with Crippen molar-refractivity contribution in [1.29, 1.82) is 0 Å². The zero-order valence-electron chi connectivity index (χ0n) is 15.5. The summed E-state index contributed by atoms with van der Waals surface area (Å²) in [6.45, 7) is 5.30. The average Bonchev–Trinajstić information content (AvgIpc) is 2.64. The molecule has 2 unspecified atom stereocenters. The summed E-state index contributed by atoms with van der Waals surface area (Å²) in [6.07, 6.45) is 11.9. The average molecular weight is 352 g/mol. The first kappa shape index (κ1) is 19.4. The molecule has 136 valence electrons. The largest absolute Gasteiger partial charge is 0.494 e. The number of ether oxygens (including phenoxy) is 2. The summed E-state index contributed by atoms with van der Waals surface area (Å²) in [5.41, 5.74) is 1.75. The Morgan fingerprint density at radius 1 is 1.27 bits per heavy atom. The number of hydrogen-bond acceptors (Lipinski definition) is 5. The minimum Gasteiger partial charge on any atom is -0.494 e. The highest BCUT2D eigenvalue weighted by atomic mass is 16.5. The first-order valence-corrected chi connectivity index (χ1v) is 8.50. The normalized spacial score (nSPS) is 19.8. The van der Waals surface area contributed by atoms with Gasteiger partial charge in [0.05, 0.1) is 7.11 Å². The van der Waals surface area contributed by atoms with Crippen LogP contribution in [0.5, 0.6) is 5.75 Å². The topological polar surface area (TPSA) is 60.3 Å². The van der Waals surface area contributed by atoms with E-state index in [-0.39, 0.29) is 5.97 Å². The summed E-state index contributed by atoms with van der Waals surface area (Å²) in [7, 11) is 1.58. The van der Waals surface area contributed by atoms with Crippen LogP contribution in [0.1, 0.15) is 20.8 Å². The van der Waals surface area contributed by atoms with Gasteiger partial charge in [0.1, 0.15) is 23.2 Å². The second kappa shape index (κ2) is 9.51. The van der Waals surface area contributed by atoms with E-state index in [2.05, 4.69) is 23.2 Å². The maximum atomic E-state index is 11.4. The lowest BCUT2D eigenvalue weighted by Crippen LogP contribution is -2.10. The van der Waals surface area contributed by atoms with E-state index in [0.29, 0.717) is 23.1 Å². The number of rotatable bonds is 6. The molecule has 26 heavy (non-hydrogen) atoms. The molecule has 0 spiro atoms. The fourth-order valence-corrected chi connectivity index (χ4v) is 2.39. The Labute approximate surface area is 154 Å². The third-order valence-corrected chi connectivity index (χ3v) is 3.86. The van der Waals surface area contributed by atoms with E-state index < -0.39 is 6.04 Å². The van der Waals surface area contributed by atoms with Gasteiger partial charge in [0.2, 0.25) is 0 Å². The third kappa shape index (κ3) is 5.55. The summed E-state index contributed by atoms with van der Waals surface area (Å²) in [5.74, 6) is 0.997. The zero-order valence-corrected chi connectivity index (χ0v) is 15.5. The van der Waals surface area contributed by atoms with Crippen molar-refractivity contribution >= 4 is 11.7 Å². The van der Waals surface area contributed by atoms with Crippen LogP contribution in [0.25, 0.3) is 0 Å². The number of allylic oxidation sites excluding steroid dienone is 7. The van der Waals surface area contributed by atoms with Gasteiger partial charge in [0.25, 0.3) is 0 Å². The van der Waals surface area contributed by atoms with E-state index in [0.717, 1.165) is 5.57 Å². The van der Waals surface area contributed by atoms with Crippen LogP contribution < -0.4 is 4.74 Å². The highest BCUT2D eigenvalue weighted by Crippen LogP contribution is 2.27.